The van der Waals surface area contributed by atoms with Crippen molar-refractivity contribution in [2.75, 3.05) is 0 Å². The molecule has 0 bridgehead atoms. The van der Waals surface area contributed by atoms with Crippen molar-refractivity contribution in [3.8, 4) is 23.0 Å². The molecule has 2 aromatic carbocycles. The first kappa shape index (κ1) is 13.3. The molecule has 0 radical (unpaired) electrons. The summed E-state index contributed by atoms with van der Waals surface area (Å²) in [5.74, 6) is -0.342. The fraction of sp³-hybridized carbons (Fsp3) is 0. The molecule has 102 valence electrons. The van der Waals surface area contributed by atoms with Crippen LogP contribution in [0.5, 0.6) is 0 Å². The van der Waals surface area contributed by atoms with Crippen molar-refractivity contribution in [3.05, 3.63) is 71.1 Å². The zero-order chi connectivity index (χ0) is 14.8. The Bertz CT molecular complexity index is 817. The summed E-state index contributed by atoms with van der Waals surface area (Å²) in [4.78, 5) is 0. The number of halogens is 2. The summed E-state index contributed by atoms with van der Waals surface area (Å²) in [6.07, 6.45) is 0. The lowest BCUT2D eigenvalue weighted by atomic mass is 10.1. The molecular formula is C16H9ClFN3. The number of aromatic nitrogens is 2. The van der Waals surface area contributed by atoms with Crippen LogP contribution in [0.4, 0.5) is 4.39 Å². The zero-order valence-corrected chi connectivity index (χ0v) is 11.5. The van der Waals surface area contributed by atoms with Crippen LogP contribution in [-0.4, -0.2) is 9.78 Å². The minimum atomic E-state index is -0.342. The van der Waals surface area contributed by atoms with Gasteiger partial charge in [0.15, 0.2) is 5.15 Å². The molecule has 5 heteroatoms. The summed E-state index contributed by atoms with van der Waals surface area (Å²) in [6, 6.07) is 17.2. The summed E-state index contributed by atoms with van der Waals surface area (Å²) < 4.78 is 14.4. The average molecular weight is 298 g/mol. The van der Waals surface area contributed by atoms with Crippen LogP contribution in [0.2, 0.25) is 5.15 Å². The van der Waals surface area contributed by atoms with E-state index in [1.807, 2.05) is 30.3 Å². The topological polar surface area (TPSA) is 41.6 Å². The van der Waals surface area contributed by atoms with Gasteiger partial charge in [0.25, 0.3) is 0 Å². The summed E-state index contributed by atoms with van der Waals surface area (Å²) >= 11 is 6.24. The van der Waals surface area contributed by atoms with E-state index in [0.717, 1.165) is 5.56 Å². The van der Waals surface area contributed by atoms with Crippen LogP contribution in [0.15, 0.2) is 54.6 Å². The van der Waals surface area contributed by atoms with Gasteiger partial charge in [-0.05, 0) is 24.3 Å². The molecule has 0 saturated heterocycles. The number of nitrogens with zero attached hydrogens (tertiary/aromatic N) is 3. The molecule has 0 saturated carbocycles. The van der Waals surface area contributed by atoms with Crippen LogP contribution in [0.25, 0.3) is 16.9 Å². The maximum atomic E-state index is 13.0. The van der Waals surface area contributed by atoms with E-state index >= 15 is 0 Å². The predicted octanol–water partition coefficient (Wildman–Crippen LogP) is 4.20. The highest BCUT2D eigenvalue weighted by molar-refractivity contribution is 6.31. The highest BCUT2D eigenvalue weighted by atomic mass is 35.5. The standard InChI is InChI=1S/C16H9ClFN3/c17-16-14(10-19)15(11-4-2-1-3-5-11)20-21(16)13-8-6-12(18)7-9-13/h1-9H. The van der Waals surface area contributed by atoms with E-state index in [2.05, 4.69) is 11.2 Å². The van der Waals surface area contributed by atoms with E-state index in [9.17, 15) is 9.65 Å². The molecule has 21 heavy (non-hydrogen) atoms. The number of rotatable bonds is 2. The van der Waals surface area contributed by atoms with Gasteiger partial charge >= 0.3 is 0 Å². The average Bonchev–Trinajstić information content (AvgIpc) is 2.86. The van der Waals surface area contributed by atoms with Crippen molar-refractivity contribution in [2.24, 2.45) is 0 Å². The molecule has 0 spiro atoms. The van der Waals surface area contributed by atoms with Gasteiger partial charge in [-0.3, -0.25) is 0 Å². The molecule has 0 aliphatic rings. The Labute approximate surface area is 125 Å². The van der Waals surface area contributed by atoms with E-state index < -0.39 is 0 Å². The largest absolute Gasteiger partial charge is 0.220 e. The molecule has 0 aliphatic carbocycles. The molecule has 3 nitrogen and oxygen atoms in total. The Morgan fingerprint density at radius 3 is 2.33 bits per heavy atom. The highest BCUT2D eigenvalue weighted by Gasteiger charge is 2.18. The van der Waals surface area contributed by atoms with Crippen LogP contribution in [-0.2, 0) is 0 Å². The van der Waals surface area contributed by atoms with Gasteiger partial charge in [0, 0.05) is 5.56 Å². The van der Waals surface area contributed by atoms with Crippen LogP contribution in [0, 0.1) is 17.1 Å². The molecule has 0 atom stereocenters. The Hall–Kier alpha value is -2.64. The van der Waals surface area contributed by atoms with Crippen LogP contribution in [0.1, 0.15) is 5.56 Å². The van der Waals surface area contributed by atoms with Crippen molar-refractivity contribution in [3.63, 3.8) is 0 Å². The molecule has 0 amide bonds. The Kier molecular flexibility index (Phi) is 3.43. The first-order chi connectivity index (χ1) is 10.2. The van der Waals surface area contributed by atoms with Gasteiger partial charge in [0.05, 0.1) is 5.69 Å². The van der Waals surface area contributed by atoms with Crippen molar-refractivity contribution in [2.45, 2.75) is 0 Å². The lowest BCUT2D eigenvalue weighted by Crippen LogP contribution is -1.96. The van der Waals surface area contributed by atoms with Crippen LogP contribution in [0.3, 0.4) is 0 Å². The van der Waals surface area contributed by atoms with Gasteiger partial charge in [0.1, 0.15) is 23.1 Å². The molecule has 3 rings (SSSR count). The van der Waals surface area contributed by atoms with E-state index in [-0.39, 0.29) is 11.0 Å². The quantitative estimate of drug-likeness (QED) is 0.711. The van der Waals surface area contributed by atoms with Gasteiger partial charge in [-0.15, -0.1) is 0 Å². The maximum Gasteiger partial charge on any atom is 0.151 e. The Morgan fingerprint density at radius 1 is 1.05 bits per heavy atom. The van der Waals surface area contributed by atoms with Crippen molar-refractivity contribution in [1.82, 2.24) is 9.78 Å². The molecule has 0 unspecified atom stereocenters. The van der Waals surface area contributed by atoms with Crippen molar-refractivity contribution >= 4 is 11.6 Å². The van der Waals surface area contributed by atoms with E-state index in [0.29, 0.717) is 16.9 Å². The Balaban J connectivity index is 2.19. The normalized spacial score (nSPS) is 10.3. The van der Waals surface area contributed by atoms with E-state index in [1.54, 1.807) is 12.1 Å². The fourth-order valence-electron chi connectivity index (χ4n) is 2.05. The SMILES string of the molecule is N#Cc1c(-c2ccccc2)nn(-c2ccc(F)cc2)c1Cl. The third kappa shape index (κ3) is 2.39. The second-order valence-corrected chi connectivity index (χ2v) is 4.74. The molecule has 0 N–H and O–H groups in total. The van der Waals surface area contributed by atoms with Crippen LogP contribution < -0.4 is 0 Å². The first-order valence-corrected chi connectivity index (χ1v) is 6.58. The molecule has 0 aliphatic heterocycles. The second kappa shape index (κ2) is 5.39. The molecule has 1 heterocycles. The van der Waals surface area contributed by atoms with Crippen molar-refractivity contribution in [1.29, 1.82) is 5.26 Å². The highest BCUT2D eigenvalue weighted by Crippen LogP contribution is 2.30. The number of benzene rings is 2. The molecule has 1 aromatic heterocycles. The monoisotopic (exact) mass is 297 g/mol. The summed E-state index contributed by atoms with van der Waals surface area (Å²) in [6.45, 7) is 0. The third-order valence-electron chi connectivity index (χ3n) is 3.06. The predicted molar refractivity (Wildman–Crippen MR) is 78.7 cm³/mol. The Morgan fingerprint density at radius 2 is 1.71 bits per heavy atom. The molecule has 3 aromatic rings. The maximum absolute atomic E-state index is 13.0. The summed E-state index contributed by atoms with van der Waals surface area (Å²) in [7, 11) is 0. The minimum absolute atomic E-state index is 0.211. The number of hydrogen-bond acceptors (Lipinski definition) is 2. The summed E-state index contributed by atoms with van der Waals surface area (Å²) in [5, 5.41) is 13.9. The molecular weight excluding hydrogens is 289 g/mol. The van der Waals surface area contributed by atoms with Gasteiger partial charge in [0.2, 0.25) is 0 Å². The zero-order valence-electron chi connectivity index (χ0n) is 10.8. The smallest absolute Gasteiger partial charge is 0.151 e. The minimum Gasteiger partial charge on any atom is -0.220 e. The lowest BCUT2D eigenvalue weighted by molar-refractivity contribution is 0.627. The van der Waals surface area contributed by atoms with E-state index in [1.165, 1.54) is 16.8 Å². The first-order valence-electron chi connectivity index (χ1n) is 6.20. The van der Waals surface area contributed by atoms with Crippen molar-refractivity contribution < 1.29 is 4.39 Å². The second-order valence-electron chi connectivity index (χ2n) is 4.38. The third-order valence-corrected chi connectivity index (χ3v) is 3.41. The molecule has 0 fully saturated rings. The fourth-order valence-corrected chi connectivity index (χ4v) is 2.32. The number of hydrogen-bond donors (Lipinski definition) is 0. The van der Waals surface area contributed by atoms with Gasteiger partial charge in [-0.1, -0.05) is 41.9 Å². The van der Waals surface area contributed by atoms with E-state index in [4.69, 9.17) is 11.6 Å². The number of nitriles is 1. The van der Waals surface area contributed by atoms with Gasteiger partial charge < -0.3 is 0 Å². The van der Waals surface area contributed by atoms with Gasteiger partial charge in [-0.2, -0.15) is 10.4 Å². The van der Waals surface area contributed by atoms with Gasteiger partial charge in [-0.25, -0.2) is 9.07 Å². The lowest BCUT2D eigenvalue weighted by Gasteiger charge is -2.02. The summed E-state index contributed by atoms with van der Waals surface area (Å²) in [5.41, 5.74) is 2.21. The van der Waals surface area contributed by atoms with Crippen LogP contribution >= 0.6 is 11.6 Å².